The van der Waals surface area contributed by atoms with Crippen LogP contribution in [0.4, 0.5) is 0 Å². The highest BCUT2D eigenvalue weighted by molar-refractivity contribution is 9.10. The first-order chi connectivity index (χ1) is 7.97. The van der Waals surface area contributed by atoms with Crippen LogP contribution in [0.2, 0.25) is 0 Å². The van der Waals surface area contributed by atoms with Gasteiger partial charge in [0.2, 0.25) is 10.0 Å². The lowest BCUT2D eigenvalue weighted by molar-refractivity contribution is 0.577. The first-order valence-electron chi connectivity index (χ1n) is 5.43. The van der Waals surface area contributed by atoms with Gasteiger partial charge >= 0.3 is 0 Å². The molecule has 0 saturated carbocycles. The van der Waals surface area contributed by atoms with E-state index in [4.69, 9.17) is 5.73 Å². The van der Waals surface area contributed by atoms with Crippen molar-refractivity contribution in [2.75, 3.05) is 13.1 Å². The maximum absolute atomic E-state index is 11.9. The van der Waals surface area contributed by atoms with Gasteiger partial charge < -0.3 is 5.73 Å². The van der Waals surface area contributed by atoms with Crippen LogP contribution in [0.5, 0.6) is 0 Å². The van der Waals surface area contributed by atoms with E-state index in [1.807, 2.05) is 6.92 Å². The molecule has 0 aliphatic rings. The third-order valence-corrected chi connectivity index (χ3v) is 4.71. The van der Waals surface area contributed by atoms with Crippen LogP contribution >= 0.6 is 15.9 Å². The summed E-state index contributed by atoms with van der Waals surface area (Å²) in [7, 11) is -3.39. The average molecular weight is 321 g/mol. The van der Waals surface area contributed by atoms with Crippen LogP contribution in [0.1, 0.15) is 18.4 Å². The molecule has 0 bridgehead atoms. The van der Waals surface area contributed by atoms with Crippen molar-refractivity contribution in [1.82, 2.24) is 4.72 Å². The van der Waals surface area contributed by atoms with E-state index in [-0.39, 0.29) is 0 Å². The van der Waals surface area contributed by atoms with Gasteiger partial charge in [-0.15, -0.1) is 0 Å². The monoisotopic (exact) mass is 320 g/mol. The van der Waals surface area contributed by atoms with Crippen molar-refractivity contribution in [3.8, 4) is 0 Å². The van der Waals surface area contributed by atoms with Gasteiger partial charge in [0.15, 0.2) is 0 Å². The molecular formula is C11H17BrN2O2S. The first kappa shape index (κ1) is 14.6. The summed E-state index contributed by atoms with van der Waals surface area (Å²) in [5, 5.41) is 0. The van der Waals surface area contributed by atoms with Gasteiger partial charge in [-0.1, -0.05) is 15.9 Å². The molecule has 17 heavy (non-hydrogen) atoms. The summed E-state index contributed by atoms with van der Waals surface area (Å²) in [6.07, 6.45) is 1.58. The van der Waals surface area contributed by atoms with Gasteiger partial charge in [0.05, 0.1) is 4.90 Å². The highest BCUT2D eigenvalue weighted by Gasteiger charge is 2.13. The van der Waals surface area contributed by atoms with Crippen LogP contribution in [0.3, 0.4) is 0 Å². The Morgan fingerprint density at radius 3 is 2.65 bits per heavy atom. The molecule has 0 aromatic heterocycles. The summed E-state index contributed by atoms with van der Waals surface area (Å²) in [6, 6.07) is 4.97. The van der Waals surface area contributed by atoms with Crippen LogP contribution < -0.4 is 10.5 Å². The predicted octanol–water partition coefficient (Wildman–Crippen LogP) is 1.77. The van der Waals surface area contributed by atoms with Crippen molar-refractivity contribution in [1.29, 1.82) is 0 Å². The molecule has 0 aliphatic carbocycles. The van der Waals surface area contributed by atoms with Crippen LogP contribution in [-0.4, -0.2) is 21.5 Å². The van der Waals surface area contributed by atoms with E-state index in [1.165, 1.54) is 0 Å². The second-order valence-electron chi connectivity index (χ2n) is 3.80. The third-order valence-electron chi connectivity index (χ3n) is 2.36. The van der Waals surface area contributed by atoms with Crippen molar-refractivity contribution in [2.24, 2.45) is 5.73 Å². The molecule has 0 aliphatic heterocycles. The minimum absolute atomic E-state index is 0.297. The van der Waals surface area contributed by atoms with Crippen molar-refractivity contribution in [3.05, 3.63) is 28.2 Å². The fourth-order valence-corrected chi connectivity index (χ4v) is 2.75. The number of nitrogens with two attached hydrogens (primary N) is 1. The van der Waals surface area contributed by atoms with Crippen molar-refractivity contribution in [2.45, 2.75) is 24.7 Å². The largest absolute Gasteiger partial charge is 0.330 e. The Labute approximate surface area is 111 Å². The minimum atomic E-state index is -3.39. The first-order valence-corrected chi connectivity index (χ1v) is 7.71. The molecule has 0 unspecified atom stereocenters. The Hall–Kier alpha value is -0.430. The van der Waals surface area contributed by atoms with Gasteiger partial charge in [-0.3, -0.25) is 0 Å². The number of halogens is 1. The summed E-state index contributed by atoms with van der Waals surface area (Å²) in [5.41, 5.74) is 6.24. The summed E-state index contributed by atoms with van der Waals surface area (Å²) in [6.45, 7) is 2.87. The van der Waals surface area contributed by atoms with Crippen LogP contribution in [0.15, 0.2) is 27.6 Å². The van der Waals surface area contributed by atoms with E-state index in [0.29, 0.717) is 18.0 Å². The van der Waals surface area contributed by atoms with Gasteiger partial charge in [0.25, 0.3) is 0 Å². The molecule has 0 fully saturated rings. The summed E-state index contributed by atoms with van der Waals surface area (Å²) >= 11 is 3.34. The number of rotatable bonds is 6. The molecule has 1 aromatic carbocycles. The number of benzene rings is 1. The Morgan fingerprint density at radius 1 is 1.35 bits per heavy atom. The van der Waals surface area contributed by atoms with Gasteiger partial charge in [-0.25, -0.2) is 13.1 Å². The smallest absolute Gasteiger partial charge is 0.240 e. The van der Waals surface area contributed by atoms with Crippen molar-refractivity contribution < 1.29 is 8.42 Å². The molecule has 3 N–H and O–H groups in total. The Kier molecular flexibility index (Phi) is 5.58. The number of nitrogens with one attached hydrogen (secondary N) is 1. The van der Waals surface area contributed by atoms with E-state index in [9.17, 15) is 8.42 Å². The van der Waals surface area contributed by atoms with Gasteiger partial charge in [0.1, 0.15) is 0 Å². The molecule has 0 heterocycles. The molecular weight excluding hydrogens is 304 g/mol. The maximum Gasteiger partial charge on any atom is 0.240 e. The van der Waals surface area contributed by atoms with E-state index in [0.717, 1.165) is 22.9 Å². The van der Waals surface area contributed by atoms with Gasteiger partial charge in [-0.2, -0.15) is 0 Å². The maximum atomic E-state index is 11.9. The standard InChI is InChI=1S/C11H17BrN2O2S/c1-9-8-10(4-5-11(9)12)17(15,16)14-7-3-2-6-13/h4-5,8,14H,2-3,6-7,13H2,1H3. The van der Waals surface area contributed by atoms with Crippen molar-refractivity contribution in [3.63, 3.8) is 0 Å². The molecule has 96 valence electrons. The molecule has 6 heteroatoms. The molecule has 0 radical (unpaired) electrons. The molecule has 0 amide bonds. The summed E-state index contributed by atoms with van der Waals surface area (Å²) < 4.78 is 27.3. The normalized spacial score (nSPS) is 11.7. The zero-order valence-electron chi connectivity index (χ0n) is 9.74. The van der Waals surface area contributed by atoms with Crippen LogP contribution in [0.25, 0.3) is 0 Å². The van der Waals surface area contributed by atoms with Gasteiger partial charge in [0, 0.05) is 11.0 Å². The Bertz CT molecular complexity index is 474. The molecule has 1 aromatic rings. The van der Waals surface area contributed by atoms with Gasteiger partial charge in [-0.05, 0) is 50.1 Å². The number of aryl methyl sites for hydroxylation is 1. The van der Waals surface area contributed by atoms with Crippen LogP contribution in [-0.2, 0) is 10.0 Å². The van der Waals surface area contributed by atoms with E-state index >= 15 is 0 Å². The third kappa shape index (κ3) is 4.39. The second kappa shape index (κ2) is 6.49. The Balaban J connectivity index is 2.72. The van der Waals surface area contributed by atoms with E-state index in [1.54, 1.807) is 18.2 Å². The molecule has 0 atom stereocenters. The molecule has 1 rings (SSSR count). The fraction of sp³-hybridized carbons (Fsp3) is 0.455. The minimum Gasteiger partial charge on any atom is -0.330 e. The number of hydrogen-bond donors (Lipinski definition) is 2. The summed E-state index contributed by atoms with van der Waals surface area (Å²) in [4.78, 5) is 0.297. The number of unbranched alkanes of at least 4 members (excludes halogenated alkanes) is 1. The highest BCUT2D eigenvalue weighted by atomic mass is 79.9. The lowest BCUT2D eigenvalue weighted by atomic mass is 10.2. The van der Waals surface area contributed by atoms with Crippen molar-refractivity contribution >= 4 is 26.0 Å². The number of hydrogen-bond acceptors (Lipinski definition) is 3. The Morgan fingerprint density at radius 2 is 2.06 bits per heavy atom. The molecule has 0 spiro atoms. The lowest BCUT2D eigenvalue weighted by Crippen LogP contribution is -2.25. The predicted molar refractivity (Wildman–Crippen MR) is 72.4 cm³/mol. The fourth-order valence-electron chi connectivity index (χ4n) is 1.34. The number of sulfonamides is 1. The molecule has 4 nitrogen and oxygen atoms in total. The van der Waals surface area contributed by atoms with Crippen LogP contribution in [0, 0.1) is 6.92 Å². The lowest BCUT2D eigenvalue weighted by Gasteiger charge is -2.07. The average Bonchev–Trinajstić information content (AvgIpc) is 2.28. The zero-order valence-corrected chi connectivity index (χ0v) is 12.1. The highest BCUT2D eigenvalue weighted by Crippen LogP contribution is 2.19. The van der Waals surface area contributed by atoms with E-state index < -0.39 is 10.0 Å². The summed E-state index contributed by atoms with van der Waals surface area (Å²) in [5.74, 6) is 0. The zero-order chi connectivity index (χ0) is 12.9. The SMILES string of the molecule is Cc1cc(S(=O)(=O)NCCCCN)ccc1Br. The topological polar surface area (TPSA) is 72.2 Å². The van der Waals surface area contributed by atoms with E-state index in [2.05, 4.69) is 20.7 Å². The quantitative estimate of drug-likeness (QED) is 0.785. The molecule has 0 saturated heterocycles. The second-order valence-corrected chi connectivity index (χ2v) is 6.43.